The topological polar surface area (TPSA) is 88.2 Å². The average Bonchev–Trinajstić information content (AvgIpc) is 3.41. The van der Waals surface area contributed by atoms with Gasteiger partial charge in [0.15, 0.2) is 0 Å². The number of likely N-dealkylation sites (tertiary alicyclic amines) is 1. The van der Waals surface area contributed by atoms with Gasteiger partial charge >= 0.3 is 0 Å². The molecular formula is C31H57N3O5. The first kappa shape index (κ1) is 33.5. The Hall–Kier alpha value is -1.67. The number of carbonyl (C=O) groups excluding carboxylic acids is 3. The van der Waals surface area contributed by atoms with E-state index in [-0.39, 0.29) is 60.6 Å². The molecule has 2 aliphatic rings. The van der Waals surface area contributed by atoms with Crippen molar-refractivity contribution in [2.24, 2.45) is 17.8 Å². The molecule has 226 valence electrons. The second-order valence-electron chi connectivity index (χ2n) is 12.4. The lowest BCUT2D eigenvalue weighted by molar-refractivity contribution is -0.144. The second kappa shape index (κ2) is 17.2. The van der Waals surface area contributed by atoms with Crippen LogP contribution in [0.3, 0.4) is 0 Å². The summed E-state index contributed by atoms with van der Waals surface area (Å²) >= 11 is 0. The molecule has 0 aromatic rings. The van der Waals surface area contributed by atoms with Crippen molar-refractivity contribution < 1.29 is 23.9 Å². The van der Waals surface area contributed by atoms with E-state index in [0.717, 1.165) is 31.6 Å². The number of carbonyl (C=O) groups is 3. The van der Waals surface area contributed by atoms with Gasteiger partial charge in [0, 0.05) is 40.8 Å². The second-order valence-corrected chi connectivity index (χ2v) is 12.4. The maximum Gasteiger partial charge on any atom is 0.225 e. The van der Waals surface area contributed by atoms with Crippen LogP contribution in [0, 0.1) is 17.8 Å². The number of hydrogen-bond acceptors (Lipinski definition) is 5. The summed E-state index contributed by atoms with van der Waals surface area (Å²) in [5.74, 6) is 1.25. The SMILES string of the molecule is CC[C@@H](C)[C@H]([C@H](CC(=O)N1CCCC1[C@H](CC(=O)NCCC1CCCCC1)OC)OC)N(C)C(=O)CC(C)C. The Morgan fingerprint density at radius 3 is 2.23 bits per heavy atom. The van der Waals surface area contributed by atoms with E-state index in [9.17, 15) is 14.4 Å². The van der Waals surface area contributed by atoms with Crippen molar-refractivity contribution in [1.82, 2.24) is 15.1 Å². The molecule has 0 spiro atoms. The molecule has 3 amide bonds. The van der Waals surface area contributed by atoms with E-state index in [1.807, 2.05) is 25.8 Å². The Bertz CT molecular complexity index is 755. The summed E-state index contributed by atoms with van der Waals surface area (Å²) < 4.78 is 11.7. The summed E-state index contributed by atoms with van der Waals surface area (Å²) in [5.41, 5.74) is 0. The molecule has 1 N–H and O–H groups in total. The van der Waals surface area contributed by atoms with Gasteiger partial charge in [-0.2, -0.15) is 0 Å². The van der Waals surface area contributed by atoms with Gasteiger partial charge in [-0.15, -0.1) is 0 Å². The van der Waals surface area contributed by atoms with Crippen molar-refractivity contribution in [2.75, 3.05) is 34.4 Å². The van der Waals surface area contributed by atoms with Gasteiger partial charge in [0.1, 0.15) is 0 Å². The van der Waals surface area contributed by atoms with Crippen LogP contribution in [0.1, 0.15) is 105 Å². The zero-order chi connectivity index (χ0) is 28.9. The molecule has 1 aliphatic heterocycles. The Kier molecular flexibility index (Phi) is 14.8. The number of likely N-dealkylation sites (N-methyl/N-ethyl adjacent to an activating group) is 1. The average molecular weight is 552 g/mol. The zero-order valence-electron chi connectivity index (χ0n) is 25.9. The minimum Gasteiger partial charge on any atom is -0.379 e. The van der Waals surface area contributed by atoms with Crippen LogP contribution in [0.25, 0.3) is 0 Å². The van der Waals surface area contributed by atoms with Crippen molar-refractivity contribution in [1.29, 1.82) is 0 Å². The molecule has 0 radical (unpaired) electrons. The van der Waals surface area contributed by atoms with E-state index >= 15 is 0 Å². The van der Waals surface area contributed by atoms with Crippen molar-refractivity contribution in [3.63, 3.8) is 0 Å². The molecule has 0 aromatic heterocycles. The van der Waals surface area contributed by atoms with E-state index in [2.05, 4.69) is 19.2 Å². The van der Waals surface area contributed by atoms with Gasteiger partial charge in [-0.05, 0) is 37.0 Å². The lowest BCUT2D eigenvalue weighted by Crippen LogP contribution is -2.52. The Morgan fingerprint density at radius 2 is 1.64 bits per heavy atom. The highest BCUT2D eigenvalue weighted by molar-refractivity contribution is 5.79. The molecule has 1 aliphatic carbocycles. The zero-order valence-corrected chi connectivity index (χ0v) is 25.9. The third kappa shape index (κ3) is 10.3. The van der Waals surface area contributed by atoms with Crippen LogP contribution < -0.4 is 5.32 Å². The summed E-state index contributed by atoms with van der Waals surface area (Å²) in [6.07, 6.45) is 10.3. The number of rotatable bonds is 16. The molecule has 39 heavy (non-hydrogen) atoms. The van der Waals surface area contributed by atoms with Gasteiger partial charge in [-0.3, -0.25) is 14.4 Å². The van der Waals surface area contributed by atoms with Crippen molar-refractivity contribution in [2.45, 2.75) is 129 Å². The Morgan fingerprint density at radius 1 is 0.949 bits per heavy atom. The van der Waals surface area contributed by atoms with E-state index < -0.39 is 6.10 Å². The molecule has 5 atom stereocenters. The van der Waals surface area contributed by atoms with Gasteiger partial charge in [-0.25, -0.2) is 0 Å². The van der Waals surface area contributed by atoms with Crippen molar-refractivity contribution in [3.8, 4) is 0 Å². The van der Waals surface area contributed by atoms with Crippen molar-refractivity contribution in [3.05, 3.63) is 0 Å². The molecular weight excluding hydrogens is 494 g/mol. The first-order valence-electron chi connectivity index (χ1n) is 15.5. The summed E-state index contributed by atoms with van der Waals surface area (Å²) in [5, 5.41) is 3.09. The fourth-order valence-electron chi connectivity index (χ4n) is 6.54. The number of nitrogens with one attached hydrogen (secondary N) is 1. The molecule has 1 saturated heterocycles. The third-order valence-electron chi connectivity index (χ3n) is 9.05. The van der Waals surface area contributed by atoms with Crippen LogP contribution in [0.5, 0.6) is 0 Å². The van der Waals surface area contributed by atoms with Crippen LogP contribution in [-0.4, -0.2) is 86.2 Å². The van der Waals surface area contributed by atoms with E-state index in [1.54, 1.807) is 19.1 Å². The molecule has 0 bridgehead atoms. The third-order valence-corrected chi connectivity index (χ3v) is 9.05. The first-order chi connectivity index (χ1) is 18.6. The summed E-state index contributed by atoms with van der Waals surface area (Å²) in [6.45, 7) is 9.66. The summed E-state index contributed by atoms with van der Waals surface area (Å²) in [7, 11) is 5.10. The van der Waals surface area contributed by atoms with Crippen LogP contribution in [0.15, 0.2) is 0 Å². The lowest BCUT2D eigenvalue weighted by Gasteiger charge is -2.39. The number of amides is 3. The molecule has 1 unspecified atom stereocenters. The first-order valence-corrected chi connectivity index (χ1v) is 15.5. The summed E-state index contributed by atoms with van der Waals surface area (Å²) in [4.78, 5) is 43.1. The van der Waals surface area contributed by atoms with E-state index in [1.165, 1.54) is 32.1 Å². The van der Waals surface area contributed by atoms with Gasteiger partial charge in [0.25, 0.3) is 0 Å². The van der Waals surface area contributed by atoms with Gasteiger partial charge < -0.3 is 24.6 Å². The molecule has 1 heterocycles. The molecule has 8 nitrogen and oxygen atoms in total. The van der Waals surface area contributed by atoms with Gasteiger partial charge in [0.05, 0.1) is 37.1 Å². The van der Waals surface area contributed by atoms with E-state index in [4.69, 9.17) is 9.47 Å². The normalized spacial score (nSPS) is 21.4. The highest BCUT2D eigenvalue weighted by Gasteiger charge is 2.39. The van der Waals surface area contributed by atoms with Gasteiger partial charge in [-0.1, -0.05) is 66.2 Å². The predicted molar refractivity (Wildman–Crippen MR) is 155 cm³/mol. The molecule has 8 heteroatoms. The van der Waals surface area contributed by atoms with Crippen LogP contribution in [-0.2, 0) is 23.9 Å². The Balaban J connectivity index is 2.00. The molecule has 2 rings (SSSR count). The maximum atomic E-state index is 13.7. The Labute approximate surface area is 237 Å². The number of nitrogens with zero attached hydrogens (tertiary/aromatic N) is 2. The minimum atomic E-state index is -0.404. The van der Waals surface area contributed by atoms with Gasteiger partial charge in [0.2, 0.25) is 17.7 Å². The molecule has 0 aromatic carbocycles. The fourth-order valence-corrected chi connectivity index (χ4v) is 6.54. The summed E-state index contributed by atoms with van der Waals surface area (Å²) in [6, 6.07) is -0.323. The lowest BCUT2D eigenvalue weighted by atomic mass is 9.87. The predicted octanol–water partition coefficient (Wildman–Crippen LogP) is 4.79. The smallest absolute Gasteiger partial charge is 0.225 e. The monoisotopic (exact) mass is 551 g/mol. The highest BCUT2D eigenvalue weighted by Crippen LogP contribution is 2.28. The standard InChI is InChI=1S/C31H57N3O5/c1-8-23(4)31(33(5)29(36)19-22(2)3)27(39-7)21-30(37)34-18-12-15-25(34)26(38-6)20-28(35)32-17-16-24-13-10-9-11-14-24/h22-27,31H,8-21H2,1-7H3,(H,32,35)/t23-,25?,26+,27+,31-/m1/s1. The largest absolute Gasteiger partial charge is 0.379 e. The fraction of sp³-hybridized carbons (Fsp3) is 0.903. The highest BCUT2D eigenvalue weighted by atomic mass is 16.5. The van der Waals surface area contributed by atoms with Crippen molar-refractivity contribution >= 4 is 17.7 Å². The number of ether oxygens (including phenoxy) is 2. The quantitative estimate of drug-likeness (QED) is 0.298. The minimum absolute atomic E-state index is 0.00196. The maximum absolute atomic E-state index is 13.7. The van der Waals surface area contributed by atoms with E-state index in [0.29, 0.717) is 19.5 Å². The van der Waals surface area contributed by atoms with Crippen LogP contribution in [0.4, 0.5) is 0 Å². The number of hydrogen-bond donors (Lipinski definition) is 1. The molecule has 2 fully saturated rings. The number of methoxy groups -OCH3 is 2. The van der Waals surface area contributed by atoms with Crippen LogP contribution >= 0.6 is 0 Å². The van der Waals surface area contributed by atoms with Crippen LogP contribution in [0.2, 0.25) is 0 Å². The molecule has 1 saturated carbocycles.